The summed E-state index contributed by atoms with van der Waals surface area (Å²) in [7, 11) is 0. The van der Waals surface area contributed by atoms with Gasteiger partial charge in [-0.1, -0.05) is 11.6 Å². The molecular formula is C9H8ClNO2. The third-order valence-electron chi connectivity index (χ3n) is 2.13. The Bertz CT molecular complexity index is 376. The van der Waals surface area contributed by atoms with E-state index in [0.29, 0.717) is 5.02 Å². The molecule has 2 rings (SSSR count). The number of nitrogens with one attached hydrogen (secondary N) is 1. The lowest BCUT2D eigenvalue weighted by molar-refractivity contribution is 0.0697. The van der Waals surface area contributed by atoms with Crippen molar-refractivity contribution in [1.82, 2.24) is 0 Å². The van der Waals surface area contributed by atoms with Crippen LogP contribution >= 0.6 is 11.6 Å². The van der Waals surface area contributed by atoms with Crippen molar-refractivity contribution in [3.63, 3.8) is 0 Å². The molecule has 13 heavy (non-hydrogen) atoms. The van der Waals surface area contributed by atoms with Gasteiger partial charge in [0.15, 0.2) is 0 Å². The number of rotatable bonds is 1. The maximum absolute atomic E-state index is 10.7. The van der Waals surface area contributed by atoms with Gasteiger partial charge in [-0.05, 0) is 24.1 Å². The van der Waals surface area contributed by atoms with Gasteiger partial charge >= 0.3 is 5.97 Å². The van der Waals surface area contributed by atoms with Gasteiger partial charge in [-0.25, -0.2) is 4.79 Å². The Morgan fingerprint density at radius 2 is 2.31 bits per heavy atom. The first kappa shape index (κ1) is 8.38. The molecule has 0 saturated heterocycles. The van der Waals surface area contributed by atoms with Crippen LogP contribution in [0.25, 0.3) is 0 Å². The maximum atomic E-state index is 10.7. The molecule has 1 heterocycles. The van der Waals surface area contributed by atoms with Crippen molar-refractivity contribution < 1.29 is 9.90 Å². The average Bonchev–Trinajstić information content (AvgIpc) is 2.51. The van der Waals surface area contributed by atoms with E-state index in [1.54, 1.807) is 6.07 Å². The fourth-order valence-corrected chi connectivity index (χ4v) is 1.81. The summed E-state index contributed by atoms with van der Waals surface area (Å²) in [5, 5.41) is 12.4. The van der Waals surface area contributed by atoms with Crippen molar-refractivity contribution in [2.24, 2.45) is 0 Å². The second-order valence-electron chi connectivity index (χ2n) is 2.97. The predicted octanol–water partition coefficient (Wildman–Crippen LogP) is 2.01. The topological polar surface area (TPSA) is 49.3 Å². The van der Waals surface area contributed by atoms with Crippen LogP contribution in [0, 0.1) is 0 Å². The van der Waals surface area contributed by atoms with E-state index < -0.39 is 5.97 Å². The molecule has 3 nitrogen and oxygen atoms in total. The third kappa shape index (κ3) is 1.35. The summed E-state index contributed by atoms with van der Waals surface area (Å²) in [4.78, 5) is 10.7. The predicted molar refractivity (Wildman–Crippen MR) is 50.6 cm³/mol. The molecule has 1 aliphatic rings. The summed E-state index contributed by atoms with van der Waals surface area (Å²) >= 11 is 5.92. The van der Waals surface area contributed by atoms with E-state index in [4.69, 9.17) is 16.7 Å². The summed E-state index contributed by atoms with van der Waals surface area (Å²) in [6.07, 6.45) is 0.869. The zero-order valence-corrected chi connectivity index (χ0v) is 7.56. The summed E-state index contributed by atoms with van der Waals surface area (Å²) < 4.78 is 0. The highest BCUT2D eigenvalue weighted by Crippen LogP contribution is 2.30. The molecule has 0 aliphatic carbocycles. The van der Waals surface area contributed by atoms with Crippen LogP contribution in [0.3, 0.4) is 0 Å². The van der Waals surface area contributed by atoms with E-state index in [9.17, 15) is 4.79 Å². The molecule has 68 valence electrons. The van der Waals surface area contributed by atoms with Gasteiger partial charge in [-0.15, -0.1) is 0 Å². The number of fused-ring (bicyclic) bond motifs is 1. The smallest absolute Gasteiger partial charge is 0.335 e. The minimum atomic E-state index is -0.946. The van der Waals surface area contributed by atoms with Gasteiger partial charge in [0, 0.05) is 17.3 Å². The van der Waals surface area contributed by atoms with Gasteiger partial charge in [0.1, 0.15) is 0 Å². The van der Waals surface area contributed by atoms with Gasteiger partial charge in [0.2, 0.25) is 0 Å². The molecule has 0 spiro atoms. The van der Waals surface area contributed by atoms with Gasteiger partial charge in [0.05, 0.1) is 5.56 Å². The highest BCUT2D eigenvalue weighted by Gasteiger charge is 2.16. The summed E-state index contributed by atoms with van der Waals surface area (Å²) in [5.41, 5.74) is 2.11. The molecule has 0 amide bonds. The van der Waals surface area contributed by atoms with E-state index in [1.165, 1.54) is 6.07 Å². The molecule has 0 fully saturated rings. The molecule has 0 bridgehead atoms. The van der Waals surface area contributed by atoms with Gasteiger partial charge in [-0.2, -0.15) is 0 Å². The lowest BCUT2D eigenvalue weighted by atomic mass is 10.1. The number of hydrogen-bond donors (Lipinski definition) is 2. The van der Waals surface area contributed by atoms with E-state index in [-0.39, 0.29) is 5.56 Å². The molecule has 0 radical (unpaired) electrons. The van der Waals surface area contributed by atoms with Crippen LogP contribution in [0.5, 0.6) is 0 Å². The lowest BCUT2D eigenvalue weighted by Crippen LogP contribution is -1.98. The SMILES string of the molecule is O=C(O)c1cc(Cl)c2c(c1)NCC2. The molecule has 2 N–H and O–H groups in total. The largest absolute Gasteiger partial charge is 0.478 e. The number of anilines is 1. The number of carboxylic acids is 1. The summed E-state index contributed by atoms with van der Waals surface area (Å²) in [6, 6.07) is 3.12. The fraction of sp³-hybridized carbons (Fsp3) is 0.222. The molecule has 0 aromatic heterocycles. The van der Waals surface area contributed by atoms with Crippen molar-refractivity contribution in [3.05, 3.63) is 28.3 Å². The van der Waals surface area contributed by atoms with Crippen LogP contribution < -0.4 is 5.32 Å². The number of hydrogen-bond acceptors (Lipinski definition) is 2. The van der Waals surface area contributed by atoms with Crippen molar-refractivity contribution in [3.8, 4) is 0 Å². The van der Waals surface area contributed by atoms with Gasteiger partial charge in [-0.3, -0.25) is 0 Å². The standard InChI is InChI=1S/C9H8ClNO2/c10-7-3-5(9(12)13)4-8-6(7)1-2-11-8/h3-4,11H,1-2H2,(H,12,13). The van der Waals surface area contributed by atoms with Crippen molar-refractivity contribution >= 4 is 23.3 Å². The van der Waals surface area contributed by atoms with Crippen LogP contribution in [0.1, 0.15) is 15.9 Å². The van der Waals surface area contributed by atoms with E-state index in [2.05, 4.69) is 5.32 Å². The molecule has 1 aliphatic heterocycles. The van der Waals surface area contributed by atoms with Gasteiger partial charge in [0.25, 0.3) is 0 Å². The van der Waals surface area contributed by atoms with Crippen molar-refractivity contribution in [2.75, 3.05) is 11.9 Å². The highest BCUT2D eigenvalue weighted by atomic mass is 35.5. The number of carbonyl (C=O) groups is 1. The third-order valence-corrected chi connectivity index (χ3v) is 2.47. The minimum Gasteiger partial charge on any atom is -0.478 e. The molecule has 0 saturated carbocycles. The van der Waals surface area contributed by atoms with E-state index >= 15 is 0 Å². The van der Waals surface area contributed by atoms with Crippen LogP contribution in [0.15, 0.2) is 12.1 Å². The number of halogens is 1. The van der Waals surface area contributed by atoms with Crippen molar-refractivity contribution in [2.45, 2.75) is 6.42 Å². The van der Waals surface area contributed by atoms with Crippen molar-refractivity contribution in [1.29, 1.82) is 0 Å². The molecule has 0 unspecified atom stereocenters. The lowest BCUT2D eigenvalue weighted by Gasteiger charge is -2.03. The van der Waals surface area contributed by atoms with Crippen LogP contribution in [0.4, 0.5) is 5.69 Å². The molecule has 1 aromatic rings. The van der Waals surface area contributed by atoms with Crippen LogP contribution in [-0.4, -0.2) is 17.6 Å². The Hall–Kier alpha value is -1.22. The number of benzene rings is 1. The van der Waals surface area contributed by atoms with Crippen LogP contribution in [-0.2, 0) is 6.42 Å². The minimum absolute atomic E-state index is 0.234. The Kier molecular flexibility index (Phi) is 1.88. The fourth-order valence-electron chi connectivity index (χ4n) is 1.49. The first-order valence-electron chi connectivity index (χ1n) is 3.98. The first-order valence-corrected chi connectivity index (χ1v) is 4.36. The Morgan fingerprint density at radius 3 is 3.00 bits per heavy atom. The normalized spacial score (nSPS) is 13.6. The van der Waals surface area contributed by atoms with Crippen LogP contribution in [0.2, 0.25) is 5.02 Å². The quantitative estimate of drug-likeness (QED) is 0.724. The average molecular weight is 198 g/mol. The zero-order chi connectivity index (χ0) is 9.42. The highest BCUT2D eigenvalue weighted by molar-refractivity contribution is 6.32. The zero-order valence-electron chi connectivity index (χ0n) is 6.80. The molecule has 1 aromatic carbocycles. The second kappa shape index (κ2) is 2.92. The Balaban J connectivity index is 2.55. The summed E-state index contributed by atoms with van der Waals surface area (Å²) in [5.74, 6) is -0.946. The first-order chi connectivity index (χ1) is 6.18. The molecule has 0 atom stereocenters. The second-order valence-corrected chi connectivity index (χ2v) is 3.37. The Morgan fingerprint density at radius 1 is 1.54 bits per heavy atom. The van der Waals surface area contributed by atoms with E-state index in [0.717, 1.165) is 24.2 Å². The van der Waals surface area contributed by atoms with Gasteiger partial charge < -0.3 is 10.4 Å². The maximum Gasteiger partial charge on any atom is 0.335 e. The molecule has 4 heteroatoms. The molecular weight excluding hydrogens is 190 g/mol. The monoisotopic (exact) mass is 197 g/mol. The van der Waals surface area contributed by atoms with E-state index in [1.807, 2.05) is 0 Å². The summed E-state index contributed by atoms with van der Waals surface area (Å²) in [6.45, 7) is 0.831. The Labute approximate surface area is 80.3 Å². The number of aromatic carboxylic acids is 1. The number of carboxylic acid groups (broad SMARTS) is 1.